The Morgan fingerprint density at radius 2 is 1.88 bits per heavy atom. The van der Waals surface area contributed by atoms with E-state index in [-0.39, 0.29) is 12.5 Å². The van der Waals surface area contributed by atoms with Crippen molar-refractivity contribution in [2.24, 2.45) is 0 Å². The van der Waals surface area contributed by atoms with Crippen LogP contribution in [0.5, 0.6) is 5.75 Å². The van der Waals surface area contributed by atoms with Crippen LogP contribution in [0.1, 0.15) is 30.0 Å². The molecule has 0 aliphatic heterocycles. The lowest BCUT2D eigenvalue weighted by atomic mass is 9.87. The van der Waals surface area contributed by atoms with Crippen molar-refractivity contribution in [3.8, 4) is 5.75 Å². The zero-order chi connectivity index (χ0) is 30.1. The summed E-state index contributed by atoms with van der Waals surface area (Å²) >= 11 is 6.49. The second-order valence-corrected chi connectivity index (χ2v) is 9.98. The predicted octanol–water partition coefficient (Wildman–Crippen LogP) is 5.84. The van der Waals surface area contributed by atoms with Gasteiger partial charge in [0, 0.05) is 32.8 Å². The molecule has 1 amide bonds. The number of fused-ring (bicyclic) bond motifs is 1. The maximum Gasteiger partial charge on any atom is 0.246 e. The average Bonchev–Trinajstić information content (AvgIpc) is 3.36. The van der Waals surface area contributed by atoms with Gasteiger partial charge in [-0.05, 0) is 70.7 Å². The molecule has 0 bridgehead atoms. The average molecular weight is 595 g/mol. The van der Waals surface area contributed by atoms with E-state index >= 15 is 0 Å². The Morgan fingerprint density at radius 1 is 1.12 bits per heavy atom. The third-order valence-corrected chi connectivity index (χ3v) is 7.05. The predicted molar refractivity (Wildman–Crippen MR) is 162 cm³/mol. The number of nitrogens with zero attached hydrogens (tertiary/aromatic N) is 2. The lowest BCUT2D eigenvalue weighted by Gasteiger charge is -2.18. The maximum absolute atomic E-state index is 14.4. The number of carbonyl (C=O) groups excluding carboxylic acids is 1. The van der Waals surface area contributed by atoms with E-state index in [0.29, 0.717) is 59.9 Å². The first-order valence-electron chi connectivity index (χ1n) is 13.6. The molecular formula is C32H33ClF2N4O3. The molecule has 0 spiro atoms. The van der Waals surface area contributed by atoms with Crippen LogP contribution >= 0.6 is 11.6 Å². The Balaban J connectivity index is 1.52. The van der Waals surface area contributed by atoms with Gasteiger partial charge in [-0.2, -0.15) is 4.39 Å². The summed E-state index contributed by atoms with van der Waals surface area (Å²) in [5, 5.41) is 19.1. The maximum atomic E-state index is 14.4. The molecular weight excluding hydrogens is 562 g/mol. The van der Waals surface area contributed by atoms with Crippen LogP contribution in [0.25, 0.3) is 22.0 Å². The van der Waals surface area contributed by atoms with Crippen LogP contribution < -0.4 is 10.1 Å². The Kier molecular flexibility index (Phi) is 10.8. The quantitative estimate of drug-likeness (QED) is 0.103. The van der Waals surface area contributed by atoms with Gasteiger partial charge in [-0.25, -0.2) is 4.39 Å². The van der Waals surface area contributed by atoms with Crippen LogP contribution in [-0.4, -0.2) is 66.0 Å². The zero-order valence-corrected chi connectivity index (χ0v) is 24.2. The first-order valence-corrected chi connectivity index (χ1v) is 14.0. The minimum absolute atomic E-state index is 0.0757. The van der Waals surface area contributed by atoms with Crippen LogP contribution in [0.4, 0.5) is 8.78 Å². The molecule has 42 heavy (non-hydrogen) atoms. The zero-order valence-electron chi connectivity index (χ0n) is 23.5. The van der Waals surface area contributed by atoms with Crippen molar-refractivity contribution in [1.29, 1.82) is 0 Å². The number of H-pyrrole nitrogens is 1. The molecule has 0 radical (unpaired) electrons. The van der Waals surface area contributed by atoms with Gasteiger partial charge in [0.05, 0.1) is 22.5 Å². The first-order chi connectivity index (χ1) is 20.3. The molecule has 0 saturated carbocycles. The minimum atomic E-state index is -0.586. The molecule has 0 saturated heterocycles. The fraction of sp³-hybridized carbons (Fsp3) is 0.250. The summed E-state index contributed by atoms with van der Waals surface area (Å²) in [7, 11) is 1.63. The lowest BCUT2D eigenvalue weighted by molar-refractivity contribution is -0.125. The molecule has 220 valence electrons. The van der Waals surface area contributed by atoms with Crippen LogP contribution in [0, 0.1) is 11.8 Å². The number of hydrogen-bond donors (Lipinski definition) is 3. The molecule has 10 heteroatoms. The highest BCUT2D eigenvalue weighted by molar-refractivity contribution is 6.32. The number of halogens is 3. The van der Waals surface area contributed by atoms with Crippen LogP contribution in [0.3, 0.4) is 0 Å². The molecule has 3 N–H and O–H groups in total. The summed E-state index contributed by atoms with van der Waals surface area (Å²) in [6, 6.07) is 17.3. The fourth-order valence-electron chi connectivity index (χ4n) is 4.58. The number of allylic oxidation sites excluding steroid dienone is 1. The number of rotatable bonds is 13. The molecule has 3 aromatic carbocycles. The number of benzene rings is 3. The van der Waals surface area contributed by atoms with E-state index in [4.69, 9.17) is 21.4 Å². The molecule has 7 nitrogen and oxygen atoms in total. The lowest BCUT2D eigenvalue weighted by Crippen LogP contribution is -2.28. The molecule has 0 fully saturated rings. The minimum Gasteiger partial charge on any atom is -0.492 e. The van der Waals surface area contributed by atoms with Crippen molar-refractivity contribution < 1.29 is 23.4 Å². The van der Waals surface area contributed by atoms with E-state index in [0.717, 1.165) is 22.3 Å². The molecule has 1 heterocycles. The number of ether oxygens (including phenoxy) is 1. The van der Waals surface area contributed by atoms with E-state index in [2.05, 4.69) is 15.5 Å². The van der Waals surface area contributed by atoms with Gasteiger partial charge in [-0.15, -0.1) is 5.10 Å². The van der Waals surface area contributed by atoms with Crippen molar-refractivity contribution >= 4 is 39.6 Å². The Hall–Kier alpha value is -4.05. The van der Waals surface area contributed by atoms with Crippen LogP contribution in [-0.2, 0) is 4.79 Å². The first kappa shape index (κ1) is 30.9. The van der Waals surface area contributed by atoms with E-state index in [1.54, 1.807) is 31.3 Å². The summed E-state index contributed by atoms with van der Waals surface area (Å²) in [6.07, 6.45) is 3.79. The summed E-state index contributed by atoms with van der Waals surface area (Å²) in [5.74, 6) is -0.504. The van der Waals surface area contributed by atoms with E-state index in [9.17, 15) is 13.6 Å². The summed E-state index contributed by atoms with van der Waals surface area (Å²) in [6.45, 7) is 3.69. The summed E-state index contributed by atoms with van der Waals surface area (Å²) < 4.78 is 34.1. The van der Waals surface area contributed by atoms with Crippen molar-refractivity contribution in [2.75, 3.05) is 39.9 Å². The number of hydrogen-bond acceptors (Lipinski definition) is 5. The number of nitrogens with one attached hydrogen (secondary N) is 2. The monoisotopic (exact) mass is 594 g/mol. The highest BCUT2D eigenvalue weighted by Gasteiger charge is 2.17. The largest absolute Gasteiger partial charge is 0.492 e. The second kappa shape index (κ2) is 14.7. The van der Waals surface area contributed by atoms with Gasteiger partial charge in [-0.1, -0.05) is 48.9 Å². The number of amides is 1. The van der Waals surface area contributed by atoms with Gasteiger partial charge in [0.25, 0.3) is 0 Å². The number of aliphatic hydroxyl groups excluding tert-OH is 1. The molecule has 0 atom stereocenters. The molecule has 0 aliphatic rings. The van der Waals surface area contributed by atoms with E-state index in [1.807, 2.05) is 37.3 Å². The third kappa shape index (κ3) is 7.61. The van der Waals surface area contributed by atoms with Gasteiger partial charge in [0.15, 0.2) is 0 Å². The molecule has 1 aromatic heterocycles. The third-order valence-electron chi connectivity index (χ3n) is 6.74. The highest BCUT2D eigenvalue weighted by atomic mass is 35.5. The molecule has 4 aromatic rings. The summed E-state index contributed by atoms with van der Waals surface area (Å²) in [5.41, 5.74) is 4.64. The standard InChI is InChI=1S/C32H33ClF2N4O3/c1-3-25(26-12-9-23(34)20-28(26)33)31(22-8-13-29-27(19-22)32(35)38-37-29)21-6-10-24(11-7-21)42-18-15-36-14-4-5-30(41)39(2)16-17-40/h4-13,19-20,36,40H,3,14-18H2,1-2H3,(H,37,38)/b5-4+,31-25+. The summed E-state index contributed by atoms with van der Waals surface area (Å²) in [4.78, 5) is 13.3. The van der Waals surface area contributed by atoms with Gasteiger partial charge in [-0.3, -0.25) is 9.89 Å². The Bertz CT molecular complexity index is 1580. The van der Waals surface area contributed by atoms with Gasteiger partial charge >= 0.3 is 0 Å². The number of aromatic amines is 1. The van der Waals surface area contributed by atoms with E-state index < -0.39 is 11.8 Å². The van der Waals surface area contributed by atoms with Gasteiger partial charge in [0.2, 0.25) is 11.9 Å². The fourth-order valence-corrected chi connectivity index (χ4v) is 4.86. The van der Waals surface area contributed by atoms with Crippen molar-refractivity contribution in [3.63, 3.8) is 0 Å². The van der Waals surface area contributed by atoms with Crippen LogP contribution in [0.15, 0.2) is 72.8 Å². The van der Waals surface area contributed by atoms with Crippen molar-refractivity contribution in [3.05, 3.63) is 106 Å². The van der Waals surface area contributed by atoms with E-state index in [1.165, 1.54) is 23.1 Å². The molecule has 0 unspecified atom stereocenters. The number of aliphatic hydroxyl groups is 1. The number of aromatic nitrogens is 2. The van der Waals surface area contributed by atoms with Crippen molar-refractivity contribution in [2.45, 2.75) is 13.3 Å². The molecule has 0 aliphatic carbocycles. The smallest absolute Gasteiger partial charge is 0.246 e. The Morgan fingerprint density at radius 3 is 2.60 bits per heavy atom. The highest BCUT2D eigenvalue weighted by Crippen LogP contribution is 2.38. The molecule has 4 rings (SSSR count). The number of carbonyl (C=O) groups is 1. The van der Waals surface area contributed by atoms with Crippen LogP contribution in [0.2, 0.25) is 5.02 Å². The number of likely N-dealkylation sites (N-methyl/N-ethyl adjacent to an activating group) is 1. The SMILES string of the molecule is CC/C(=C(/c1ccc(OCCNC/C=C/C(=O)N(C)CCO)cc1)c1ccc2[nH]nc(F)c2c1)c1ccc(F)cc1Cl. The second-order valence-electron chi connectivity index (χ2n) is 9.57. The van der Waals surface area contributed by atoms with Gasteiger partial charge in [0.1, 0.15) is 18.2 Å². The topological polar surface area (TPSA) is 90.5 Å². The van der Waals surface area contributed by atoms with Gasteiger partial charge < -0.3 is 20.1 Å². The Labute approximate surface area is 248 Å². The normalized spacial score (nSPS) is 12.1. The van der Waals surface area contributed by atoms with Crippen molar-refractivity contribution in [1.82, 2.24) is 20.4 Å².